The number of hydrogen-bond donors (Lipinski definition) is 2. The first-order valence-electron chi connectivity index (χ1n) is 13.9. The van der Waals surface area contributed by atoms with Crippen LogP contribution in [0.1, 0.15) is 41.9 Å². The zero-order valence-corrected chi connectivity index (χ0v) is 22.2. The Morgan fingerprint density at radius 2 is 1.43 bits per heavy atom. The Balaban J connectivity index is 1.09. The van der Waals surface area contributed by atoms with Crippen molar-refractivity contribution in [3.63, 3.8) is 0 Å². The van der Waals surface area contributed by atoms with Gasteiger partial charge in [-0.3, -0.25) is 14.5 Å². The Morgan fingerprint density at radius 3 is 2.02 bits per heavy atom. The summed E-state index contributed by atoms with van der Waals surface area (Å²) in [5, 5.41) is 12.1. The van der Waals surface area contributed by atoms with Gasteiger partial charge in [-0.2, -0.15) is 0 Å². The Bertz CT molecular complexity index is 1350. The highest BCUT2D eigenvalue weighted by Crippen LogP contribution is 2.44. The van der Waals surface area contributed by atoms with Gasteiger partial charge in [-0.15, -0.1) is 0 Å². The molecule has 40 heavy (non-hydrogen) atoms. The van der Waals surface area contributed by atoms with Crippen LogP contribution in [0.15, 0.2) is 78.9 Å². The van der Waals surface area contributed by atoms with Crippen LogP contribution in [0.2, 0.25) is 0 Å². The molecule has 2 heterocycles. The van der Waals surface area contributed by atoms with Crippen LogP contribution in [-0.2, 0) is 20.9 Å². The first-order chi connectivity index (χ1) is 19.5. The molecule has 0 saturated carbocycles. The summed E-state index contributed by atoms with van der Waals surface area (Å²) >= 11 is 0. The number of alkyl carbamates (subject to hydrolysis) is 1. The molecule has 2 amide bonds. The summed E-state index contributed by atoms with van der Waals surface area (Å²) in [5.74, 6) is -1.64. The van der Waals surface area contributed by atoms with Crippen molar-refractivity contribution < 1.29 is 24.2 Å². The molecule has 206 valence electrons. The highest BCUT2D eigenvalue weighted by Gasteiger charge is 2.43. The van der Waals surface area contributed by atoms with Crippen LogP contribution in [0.4, 0.5) is 4.79 Å². The number of carbonyl (C=O) groups is 3. The van der Waals surface area contributed by atoms with E-state index < -0.39 is 24.5 Å². The van der Waals surface area contributed by atoms with E-state index in [1.165, 1.54) is 5.56 Å². The number of amides is 2. The second kappa shape index (κ2) is 11.1. The number of nitrogens with zero attached hydrogens (tertiary/aromatic N) is 2. The van der Waals surface area contributed by atoms with Crippen molar-refractivity contribution in [2.75, 3.05) is 19.7 Å². The van der Waals surface area contributed by atoms with Crippen molar-refractivity contribution in [2.45, 2.75) is 49.9 Å². The molecular weight excluding hydrogens is 506 g/mol. The van der Waals surface area contributed by atoms with Crippen molar-refractivity contribution in [1.29, 1.82) is 0 Å². The molecule has 3 unspecified atom stereocenters. The minimum Gasteiger partial charge on any atom is -0.481 e. The van der Waals surface area contributed by atoms with Crippen LogP contribution < -0.4 is 5.32 Å². The number of fused-ring (bicyclic) bond motifs is 5. The molecule has 8 heteroatoms. The number of carboxylic acids is 1. The maximum Gasteiger partial charge on any atom is 0.407 e. The van der Waals surface area contributed by atoms with Gasteiger partial charge in [-0.05, 0) is 40.7 Å². The van der Waals surface area contributed by atoms with Gasteiger partial charge in [0.15, 0.2) is 0 Å². The fourth-order valence-electron chi connectivity index (χ4n) is 6.60. The van der Waals surface area contributed by atoms with Crippen LogP contribution >= 0.6 is 0 Å². The van der Waals surface area contributed by atoms with E-state index in [4.69, 9.17) is 4.74 Å². The van der Waals surface area contributed by atoms with E-state index in [0.29, 0.717) is 13.1 Å². The number of piperazine rings is 1. The predicted molar refractivity (Wildman–Crippen MR) is 150 cm³/mol. The van der Waals surface area contributed by atoms with E-state index in [1.54, 1.807) is 4.90 Å². The molecule has 0 spiro atoms. The predicted octanol–water partition coefficient (Wildman–Crippen LogP) is 4.24. The maximum atomic E-state index is 13.5. The molecule has 6 rings (SSSR count). The number of nitrogens with one attached hydrogen (secondary N) is 1. The van der Waals surface area contributed by atoms with E-state index in [-0.39, 0.29) is 30.5 Å². The van der Waals surface area contributed by atoms with E-state index in [2.05, 4.69) is 34.5 Å². The summed E-state index contributed by atoms with van der Waals surface area (Å²) in [5.41, 5.74) is 5.64. The first kappa shape index (κ1) is 26.1. The largest absolute Gasteiger partial charge is 0.481 e. The first-order valence-corrected chi connectivity index (χ1v) is 13.9. The number of benzene rings is 3. The lowest BCUT2D eigenvalue weighted by Gasteiger charge is -2.42. The lowest BCUT2D eigenvalue weighted by molar-refractivity contribution is -0.144. The smallest absolute Gasteiger partial charge is 0.407 e. The molecule has 1 aliphatic carbocycles. The Morgan fingerprint density at radius 1 is 0.850 bits per heavy atom. The fraction of sp³-hybridized carbons (Fsp3) is 0.344. The Labute approximate surface area is 233 Å². The van der Waals surface area contributed by atoms with Gasteiger partial charge in [0.25, 0.3) is 0 Å². The lowest BCUT2D eigenvalue weighted by atomic mass is 9.98. The molecule has 3 aromatic rings. The summed E-state index contributed by atoms with van der Waals surface area (Å²) < 4.78 is 5.61. The minimum atomic E-state index is -1.19. The van der Waals surface area contributed by atoms with Crippen LogP contribution in [0.25, 0.3) is 11.1 Å². The van der Waals surface area contributed by atoms with Crippen molar-refractivity contribution in [2.24, 2.45) is 0 Å². The number of aliphatic carboxylic acids is 1. The number of ether oxygens (including phenoxy) is 1. The zero-order valence-electron chi connectivity index (χ0n) is 22.2. The lowest BCUT2D eigenvalue weighted by Crippen LogP contribution is -2.59. The van der Waals surface area contributed by atoms with Crippen LogP contribution in [0.5, 0.6) is 0 Å². The maximum absolute atomic E-state index is 13.5. The van der Waals surface area contributed by atoms with Gasteiger partial charge >= 0.3 is 12.1 Å². The van der Waals surface area contributed by atoms with Crippen LogP contribution in [0.3, 0.4) is 0 Å². The number of carboxylic acid groups (broad SMARTS) is 1. The second-order valence-electron chi connectivity index (χ2n) is 10.9. The van der Waals surface area contributed by atoms with Crippen molar-refractivity contribution in [1.82, 2.24) is 15.1 Å². The van der Waals surface area contributed by atoms with Crippen LogP contribution in [-0.4, -0.2) is 70.7 Å². The van der Waals surface area contributed by atoms with Gasteiger partial charge in [-0.1, -0.05) is 78.9 Å². The summed E-state index contributed by atoms with van der Waals surface area (Å²) in [7, 11) is 0. The van der Waals surface area contributed by atoms with E-state index in [9.17, 15) is 19.5 Å². The number of rotatable bonds is 8. The van der Waals surface area contributed by atoms with E-state index >= 15 is 0 Å². The van der Waals surface area contributed by atoms with E-state index in [0.717, 1.165) is 41.6 Å². The normalized spacial score (nSPS) is 20.4. The average molecular weight is 540 g/mol. The summed E-state index contributed by atoms with van der Waals surface area (Å²) in [4.78, 5) is 42.2. The van der Waals surface area contributed by atoms with Crippen molar-refractivity contribution in [3.8, 4) is 11.1 Å². The SMILES string of the molecule is O=C(O)CC(NC(=O)OCC1c2ccccc2-c2ccccc21)C(=O)N1CC2CCC(C1)N2Cc1ccccc1. The van der Waals surface area contributed by atoms with E-state index in [1.807, 2.05) is 54.6 Å². The molecular formula is C32H33N3O5. The van der Waals surface area contributed by atoms with Gasteiger partial charge in [0, 0.05) is 37.6 Å². The van der Waals surface area contributed by atoms with Crippen LogP contribution in [0, 0.1) is 0 Å². The standard InChI is InChI=1S/C32H33N3O5/c36-30(37)16-29(31(38)34-18-22-14-15-23(19-34)35(22)17-21-8-2-1-3-9-21)33-32(39)40-20-28-26-12-6-4-10-24(26)25-11-5-7-13-27(25)28/h1-13,22-23,28-29H,14-20H2,(H,33,39)(H,36,37). The second-order valence-corrected chi connectivity index (χ2v) is 10.9. The van der Waals surface area contributed by atoms with Gasteiger partial charge in [0.1, 0.15) is 12.6 Å². The highest BCUT2D eigenvalue weighted by molar-refractivity contribution is 5.89. The number of hydrogen-bond acceptors (Lipinski definition) is 5. The molecule has 3 aromatic carbocycles. The third kappa shape index (κ3) is 5.19. The molecule has 8 nitrogen and oxygen atoms in total. The molecule has 2 N–H and O–H groups in total. The molecule has 2 saturated heterocycles. The van der Waals surface area contributed by atoms with Gasteiger partial charge in [0.05, 0.1) is 6.42 Å². The monoisotopic (exact) mass is 539 g/mol. The van der Waals surface area contributed by atoms with Gasteiger partial charge in [0.2, 0.25) is 5.91 Å². The number of carbonyl (C=O) groups excluding carboxylic acids is 2. The van der Waals surface area contributed by atoms with Gasteiger partial charge in [-0.25, -0.2) is 4.79 Å². The molecule has 2 aliphatic heterocycles. The molecule has 2 bridgehead atoms. The molecule has 3 atom stereocenters. The number of likely N-dealkylation sites (tertiary alicyclic amines) is 1. The molecule has 2 fully saturated rings. The molecule has 0 aromatic heterocycles. The summed E-state index contributed by atoms with van der Waals surface area (Å²) in [6.45, 7) is 1.96. The van der Waals surface area contributed by atoms with Crippen molar-refractivity contribution >= 4 is 18.0 Å². The minimum absolute atomic E-state index is 0.0934. The average Bonchev–Trinajstić information content (AvgIpc) is 3.39. The summed E-state index contributed by atoms with van der Waals surface area (Å²) in [6.07, 6.45) is 0.699. The van der Waals surface area contributed by atoms with Crippen molar-refractivity contribution in [3.05, 3.63) is 95.6 Å². The van der Waals surface area contributed by atoms with Gasteiger partial charge < -0.3 is 20.1 Å². The molecule has 0 radical (unpaired) electrons. The zero-order chi connectivity index (χ0) is 27.6. The third-order valence-corrected chi connectivity index (χ3v) is 8.47. The highest BCUT2D eigenvalue weighted by atomic mass is 16.5. The Hall–Kier alpha value is -4.17. The third-order valence-electron chi connectivity index (χ3n) is 8.47. The Kier molecular flexibility index (Phi) is 7.26. The fourth-order valence-corrected chi connectivity index (χ4v) is 6.60. The molecule has 3 aliphatic rings. The quantitative estimate of drug-likeness (QED) is 0.444. The topological polar surface area (TPSA) is 99.2 Å². The summed E-state index contributed by atoms with van der Waals surface area (Å²) in [6, 6.07) is 25.6.